The maximum Gasteiger partial charge on any atom is 0.329 e. The minimum Gasteiger partial charge on any atom is -0.468 e. The zero-order valence-electron chi connectivity index (χ0n) is 14.9. The lowest BCUT2D eigenvalue weighted by atomic mass is 9.90. The SMILES string of the molecule is COC(=O)C(c1ccccc1)C(C(=O)OC)N(C)c1ccc(C)cc1. The Bertz CT molecular complexity index is 712. The summed E-state index contributed by atoms with van der Waals surface area (Å²) in [5.74, 6) is -1.78. The molecule has 2 atom stereocenters. The predicted molar refractivity (Wildman–Crippen MR) is 96.6 cm³/mol. The average molecular weight is 341 g/mol. The van der Waals surface area contributed by atoms with Crippen molar-refractivity contribution in [3.05, 3.63) is 65.7 Å². The van der Waals surface area contributed by atoms with E-state index in [2.05, 4.69) is 0 Å². The fourth-order valence-corrected chi connectivity index (χ4v) is 2.81. The van der Waals surface area contributed by atoms with E-state index in [1.165, 1.54) is 14.2 Å². The topological polar surface area (TPSA) is 55.8 Å². The van der Waals surface area contributed by atoms with Gasteiger partial charge in [-0.05, 0) is 24.6 Å². The van der Waals surface area contributed by atoms with Crippen molar-refractivity contribution < 1.29 is 19.1 Å². The first-order chi connectivity index (χ1) is 12.0. The van der Waals surface area contributed by atoms with E-state index in [1.807, 2.05) is 49.4 Å². The second kappa shape index (κ2) is 8.33. The number of aryl methyl sites for hydroxylation is 1. The van der Waals surface area contributed by atoms with Crippen LogP contribution < -0.4 is 4.90 Å². The number of rotatable bonds is 6. The molecule has 5 nitrogen and oxygen atoms in total. The molecule has 0 spiro atoms. The Kier molecular flexibility index (Phi) is 6.17. The van der Waals surface area contributed by atoms with Crippen LogP contribution in [0.5, 0.6) is 0 Å². The van der Waals surface area contributed by atoms with Gasteiger partial charge in [0.25, 0.3) is 0 Å². The standard InChI is InChI=1S/C20H23NO4/c1-14-10-12-16(13-11-14)21(2)18(20(23)25-4)17(19(22)24-3)15-8-6-5-7-9-15/h5-13,17-18H,1-4H3. The van der Waals surface area contributed by atoms with Gasteiger partial charge in [-0.25, -0.2) is 4.79 Å². The van der Waals surface area contributed by atoms with Gasteiger partial charge in [0.1, 0.15) is 12.0 Å². The van der Waals surface area contributed by atoms with Crippen LogP contribution >= 0.6 is 0 Å². The first-order valence-electron chi connectivity index (χ1n) is 7.99. The van der Waals surface area contributed by atoms with E-state index in [9.17, 15) is 9.59 Å². The smallest absolute Gasteiger partial charge is 0.329 e. The summed E-state index contributed by atoms with van der Waals surface area (Å²) in [6.07, 6.45) is 0. The van der Waals surface area contributed by atoms with E-state index in [-0.39, 0.29) is 0 Å². The lowest BCUT2D eigenvalue weighted by molar-refractivity contribution is -0.150. The Morgan fingerprint density at radius 2 is 1.44 bits per heavy atom. The molecular weight excluding hydrogens is 318 g/mol. The number of methoxy groups -OCH3 is 2. The van der Waals surface area contributed by atoms with Gasteiger partial charge in [0.15, 0.2) is 0 Å². The molecule has 0 amide bonds. The number of hydrogen-bond acceptors (Lipinski definition) is 5. The molecule has 25 heavy (non-hydrogen) atoms. The fourth-order valence-electron chi connectivity index (χ4n) is 2.81. The molecule has 2 aromatic carbocycles. The monoisotopic (exact) mass is 341 g/mol. The summed E-state index contributed by atoms with van der Waals surface area (Å²) >= 11 is 0. The summed E-state index contributed by atoms with van der Waals surface area (Å²) in [5.41, 5.74) is 2.62. The maximum atomic E-state index is 12.6. The molecule has 0 aliphatic rings. The number of hydrogen-bond donors (Lipinski definition) is 0. The molecule has 0 saturated heterocycles. The molecule has 0 aromatic heterocycles. The second-order valence-corrected chi connectivity index (χ2v) is 5.83. The van der Waals surface area contributed by atoms with Crippen molar-refractivity contribution >= 4 is 17.6 Å². The van der Waals surface area contributed by atoms with E-state index >= 15 is 0 Å². The van der Waals surface area contributed by atoms with Gasteiger partial charge in [-0.2, -0.15) is 0 Å². The number of carbonyl (C=O) groups is 2. The Morgan fingerprint density at radius 3 is 1.96 bits per heavy atom. The highest BCUT2D eigenvalue weighted by molar-refractivity contribution is 5.91. The fraction of sp³-hybridized carbons (Fsp3) is 0.300. The molecular formula is C20H23NO4. The molecule has 2 unspecified atom stereocenters. The molecule has 0 heterocycles. The van der Waals surface area contributed by atoms with Crippen LogP contribution in [0.2, 0.25) is 0 Å². The number of benzene rings is 2. The van der Waals surface area contributed by atoms with Gasteiger partial charge < -0.3 is 14.4 Å². The van der Waals surface area contributed by atoms with Crippen molar-refractivity contribution in [2.45, 2.75) is 18.9 Å². The van der Waals surface area contributed by atoms with Gasteiger partial charge in [0.2, 0.25) is 0 Å². The Morgan fingerprint density at radius 1 is 0.880 bits per heavy atom. The lowest BCUT2D eigenvalue weighted by Crippen LogP contribution is -2.47. The van der Waals surface area contributed by atoms with Gasteiger partial charge in [-0.1, -0.05) is 48.0 Å². The molecule has 0 N–H and O–H groups in total. The van der Waals surface area contributed by atoms with Crippen molar-refractivity contribution in [2.75, 3.05) is 26.2 Å². The van der Waals surface area contributed by atoms with E-state index < -0.39 is 23.9 Å². The predicted octanol–water partition coefficient (Wildman–Crippen LogP) is 2.93. The Hall–Kier alpha value is -2.82. The van der Waals surface area contributed by atoms with Gasteiger partial charge in [0.05, 0.1) is 14.2 Å². The average Bonchev–Trinajstić information content (AvgIpc) is 2.65. The van der Waals surface area contributed by atoms with Crippen LogP contribution in [0.15, 0.2) is 54.6 Å². The van der Waals surface area contributed by atoms with Crippen LogP contribution in [0.1, 0.15) is 17.0 Å². The molecule has 2 aromatic rings. The summed E-state index contributed by atoms with van der Waals surface area (Å²) in [5, 5.41) is 0. The minimum atomic E-state index is -0.845. The maximum absolute atomic E-state index is 12.6. The summed E-state index contributed by atoms with van der Waals surface area (Å²) in [6.45, 7) is 1.99. The van der Waals surface area contributed by atoms with Crippen molar-refractivity contribution in [1.29, 1.82) is 0 Å². The van der Waals surface area contributed by atoms with Crippen molar-refractivity contribution in [3.63, 3.8) is 0 Å². The van der Waals surface area contributed by atoms with Crippen LogP contribution in [0.4, 0.5) is 5.69 Å². The molecule has 132 valence electrons. The van der Waals surface area contributed by atoms with Crippen LogP contribution in [0.3, 0.4) is 0 Å². The highest BCUT2D eigenvalue weighted by Crippen LogP contribution is 2.29. The van der Waals surface area contributed by atoms with Crippen LogP contribution in [0, 0.1) is 6.92 Å². The Labute approximate surface area is 148 Å². The molecule has 0 bridgehead atoms. The van der Waals surface area contributed by atoms with E-state index in [0.29, 0.717) is 5.56 Å². The quantitative estimate of drug-likeness (QED) is 0.756. The number of anilines is 1. The van der Waals surface area contributed by atoms with Gasteiger partial charge >= 0.3 is 11.9 Å². The minimum absolute atomic E-state index is 0.486. The number of carbonyl (C=O) groups excluding carboxylic acids is 2. The molecule has 0 aliphatic carbocycles. The summed E-state index contributed by atoms with van der Waals surface area (Å²) in [7, 11) is 4.40. The van der Waals surface area contributed by atoms with Gasteiger partial charge in [-0.15, -0.1) is 0 Å². The van der Waals surface area contributed by atoms with E-state index in [4.69, 9.17) is 9.47 Å². The lowest BCUT2D eigenvalue weighted by Gasteiger charge is -2.33. The summed E-state index contributed by atoms with van der Waals surface area (Å²) in [6, 6.07) is 16.0. The number of nitrogens with zero attached hydrogens (tertiary/aromatic N) is 1. The van der Waals surface area contributed by atoms with Crippen LogP contribution in [0.25, 0.3) is 0 Å². The second-order valence-electron chi connectivity index (χ2n) is 5.83. The number of esters is 2. The van der Waals surface area contributed by atoms with E-state index in [0.717, 1.165) is 11.3 Å². The number of ether oxygens (including phenoxy) is 2. The van der Waals surface area contributed by atoms with Crippen molar-refractivity contribution in [1.82, 2.24) is 0 Å². The molecule has 2 rings (SSSR count). The summed E-state index contributed by atoms with van der Waals surface area (Å²) in [4.78, 5) is 26.8. The third kappa shape index (κ3) is 4.18. The highest BCUT2D eigenvalue weighted by Gasteiger charge is 2.39. The zero-order valence-corrected chi connectivity index (χ0v) is 14.9. The third-order valence-electron chi connectivity index (χ3n) is 4.23. The van der Waals surface area contributed by atoms with E-state index in [1.54, 1.807) is 24.1 Å². The molecule has 0 aliphatic heterocycles. The number of likely N-dealkylation sites (N-methyl/N-ethyl adjacent to an activating group) is 1. The third-order valence-corrected chi connectivity index (χ3v) is 4.23. The van der Waals surface area contributed by atoms with Crippen molar-refractivity contribution in [3.8, 4) is 0 Å². The zero-order chi connectivity index (χ0) is 18.4. The molecule has 0 saturated carbocycles. The van der Waals surface area contributed by atoms with Gasteiger partial charge in [-0.3, -0.25) is 4.79 Å². The van der Waals surface area contributed by atoms with Crippen LogP contribution in [-0.4, -0.2) is 39.2 Å². The van der Waals surface area contributed by atoms with Crippen LogP contribution in [-0.2, 0) is 19.1 Å². The molecule has 0 fully saturated rings. The first kappa shape index (κ1) is 18.5. The Balaban J connectivity index is 2.50. The molecule has 0 radical (unpaired) electrons. The van der Waals surface area contributed by atoms with Crippen molar-refractivity contribution in [2.24, 2.45) is 0 Å². The molecule has 5 heteroatoms. The highest BCUT2D eigenvalue weighted by atomic mass is 16.5. The van der Waals surface area contributed by atoms with Gasteiger partial charge in [0, 0.05) is 12.7 Å². The first-order valence-corrected chi connectivity index (χ1v) is 7.99. The normalized spacial score (nSPS) is 12.8. The largest absolute Gasteiger partial charge is 0.468 e. The summed E-state index contributed by atoms with van der Waals surface area (Å²) < 4.78 is 9.96.